The number of barbiturate groups is 1. The van der Waals surface area contributed by atoms with Crippen LogP contribution < -0.4 is 19.7 Å². The van der Waals surface area contributed by atoms with Crippen LogP contribution in [0.15, 0.2) is 59.1 Å². The smallest absolute Gasteiger partial charge is 0.335 e. The number of urea groups is 1. The predicted octanol–water partition coefficient (Wildman–Crippen LogP) is 4.25. The maximum atomic E-state index is 13.1. The van der Waals surface area contributed by atoms with Crippen molar-refractivity contribution in [2.45, 2.75) is 13.3 Å². The van der Waals surface area contributed by atoms with E-state index in [2.05, 4.69) is 27.8 Å². The molecule has 0 saturated carbocycles. The minimum absolute atomic E-state index is 0.167. The van der Waals surface area contributed by atoms with Crippen molar-refractivity contribution in [1.82, 2.24) is 5.32 Å². The summed E-state index contributed by atoms with van der Waals surface area (Å²) in [5.74, 6) is -0.423. The number of amides is 4. The van der Waals surface area contributed by atoms with Crippen molar-refractivity contribution >= 4 is 45.5 Å². The Hall–Kier alpha value is -3.39. The zero-order valence-corrected chi connectivity index (χ0v) is 18.7. The van der Waals surface area contributed by atoms with Crippen molar-refractivity contribution in [2.75, 3.05) is 18.6 Å². The van der Waals surface area contributed by atoms with Gasteiger partial charge in [0.15, 0.2) is 11.5 Å². The van der Waals surface area contributed by atoms with E-state index in [0.29, 0.717) is 35.8 Å². The predicted molar refractivity (Wildman–Crippen MR) is 121 cm³/mol. The molecule has 1 fully saturated rings. The van der Waals surface area contributed by atoms with Gasteiger partial charge in [0, 0.05) is 10.0 Å². The molecule has 0 unspecified atom stereocenters. The Kier molecular flexibility index (Phi) is 6.91. The highest BCUT2D eigenvalue weighted by Gasteiger charge is 2.36. The van der Waals surface area contributed by atoms with E-state index >= 15 is 0 Å². The van der Waals surface area contributed by atoms with Crippen LogP contribution in [-0.2, 0) is 16.0 Å². The summed E-state index contributed by atoms with van der Waals surface area (Å²) in [4.78, 5) is 38.8. The van der Waals surface area contributed by atoms with Crippen molar-refractivity contribution in [3.05, 3.63) is 70.2 Å². The van der Waals surface area contributed by atoms with Gasteiger partial charge in [-0.1, -0.05) is 22.0 Å². The summed E-state index contributed by atoms with van der Waals surface area (Å²) >= 11 is 3.32. The second-order valence-corrected chi connectivity index (χ2v) is 7.49. The van der Waals surface area contributed by atoms with E-state index in [1.165, 1.54) is 6.08 Å². The molecule has 1 aliphatic heterocycles. The quantitative estimate of drug-likeness (QED) is 0.360. The number of nitrogens with one attached hydrogen (secondary N) is 1. The van der Waals surface area contributed by atoms with Crippen LogP contribution in [-0.4, -0.2) is 31.6 Å². The Morgan fingerprint density at radius 2 is 1.87 bits per heavy atom. The van der Waals surface area contributed by atoms with Gasteiger partial charge < -0.3 is 9.47 Å². The summed E-state index contributed by atoms with van der Waals surface area (Å²) in [6, 6.07) is 9.30. The maximum Gasteiger partial charge on any atom is 0.335 e. The van der Waals surface area contributed by atoms with E-state index in [1.807, 2.05) is 6.92 Å². The third-order valence-electron chi connectivity index (χ3n) is 4.52. The van der Waals surface area contributed by atoms with Gasteiger partial charge in [0.05, 0.1) is 19.4 Å². The van der Waals surface area contributed by atoms with Crippen LogP contribution in [0.4, 0.5) is 10.5 Å². The second-order valence-electron chi connectivity index (χ2n) is 6.57. The number of allylic oxidation sites excluding steroid dienone is 1. The van der Waals surface area contributed by atoms with Crippen LogP contribution in [0.3, 0.4) is 0 Å². The molecule has 1 N–H and O–H groups in total. The molecule has 7 nitrogen and oxygen atoms in total. The molecule has 0 atom stereocenters. The van der Waals surface area contributed by atoms with Crippen LogP contribution in [0.1, 0.15) is 18.1 Å². The van der Waals surface area contributed by atoms with Crippen molar-refractivity contribution in [1.29, 1.82) is 0 Å². The number of nitrogens with zero attached hydrogens (tertiary/aromatic N) is 1. The fourth-order valence-corrected chi connectivity index (χ4v) is 3.48. The third kappa shape index (κ3) is 4.69. The Morgan fingerprint density at radius 3 is 2.48 bits per heavy atom. The van der Waals surface area contributed by atoms with Gasteiger partial charge in [0.25, 0.3) is 11.8 Å². The molecule has 0 aromatic heterocycles. The fourth-order valence-electron chi connectivity index (χ4n) is 3.22. The Balaban J connectivity index is 2.07. The fraction of sp³-hybridized carbons (Fsp3) is 0.174. The summed E-state index contributed by atoms with van der Waals surface area (Å²) in [7, 11) is 1.54. The molecule has 8 heteroatoms. The molecule has 3 rings (SSSR count). The van der Waals surface area contributed by atoms with Crippen molar-refractivity contribution in [3.63, 3.8) is 0 Å². The number of methoxy groups -OCH3 is 1. The number of hydrogen-bond donors (Lipinski definition) is 1. The van der Waals surface area contributed by atoms with E-state index in [-0.39, 0.29) is 5.57 Å². The molecule has 4 amide bonds. The standard InChI is InChI=1S/C23H21BrN2O5/c1-4-6-15-11-14(13-19(31-5-2)20(15)30-3)12-18-21(27)25-23(29)26(22(18)28)17-9-7-16(24)8-10-17/h4,7-13H,1,5-6H2,2-3H3,(H,25,27,29). The van der Waals surface area contributed by atoms with Gasteiger partial charge in [-0.25, -0.2) is 9.69 Å². The minimum Gasteiger partial charge on any atom is -0.493 e. The Bertz CT molecular complexity index is 1080. The molecule has 0 aliphatic carbocycles. The molecule has 0 spiro atoms. The van der Waals surface area contributed by atoms with Gasteiger partial charge in [-0.05, 0) is 61.4 Å². The zero-order chi connectivity index (χ0) is 22.5. The number of rotatable bonds is 7. The van der Waals surface area contributed by atoms with E-state index in [0.717, 1.165) is 14.9 Å². The van der Waals surface area contributed by atoms with Crippen LogP contribution in [0.25, 0.3) is 6.08 Å². The lowest BCUT2D eigenvalue weighted by molar-refractivity contribution is -0.122. The van der Waals surface area contributed by atoms with Gasteiger partial charge in [-0.2, -0.15) is 0 Å². The molecule has 0 radical (unpaired) electrons. The topological polar surface area (TPSA) is 84.9 Å². The monoisotopic (exact) mass is 484 g/mol. The molecule has 160 valence electrons. The van der Waals surface area contributed by atoms with Gasteiger partial charge in [-0.3, -0.25) is 14.9 Å². The molecule has 1 saturated heterocycles. The van der Waals surface area contributed by atoms with Crippen molar-refractivity contribution in [2.24, 2.45) is 0 Å². The normalized spacial score (nSPS) is 15.1. The van der Waals surface area contributed by atoms with Gasteiger partial charge in [-0.15, -0.1) is 6.58 Å². The summed E-state index contributed by atoms with van der Waals surface area (Å²) in [6.45, 7) is 6.01. The van der Waals surface area contributed by atoms with Crippen molar-refractivity contribution < 1.29 is 23.9 Å². The number of hydrogen-bond acceptors (Lipinski definition) is 5. The van der Waals surface area contributed by atoms with E-state index < -0.39 is 17.8 Å². The van der Waals surface area contributed by atoms with Gasteiger partial charge in [0.1, 0.15) is 5.57 Å². The highest BCUT2D eigenvalue weighted by Crippen LogP contribution is 2.34. The summed E-state index contributed by atoms with van der Waals surface area (Å²) < 4.78 is 11.9. The number of carbonyl (C=O) groups is 3. The van der Waals surface area contributed by atoms with Crippen LogP contribution in [0.5, 0.6) is 11.5 Å². The largest absolute Gasteiger partial charge is 0.493 e. The lowest BCUT2D eigenvalue weighted by atomic mass is 10.0. The number of ether oxygens (including phenoxy) is 2. The molecule has 31 heavy (non-hydrogen) atoms. The lowest BCUT2D eigenvalue weighted by Crippen LogP contribution is -2.54. The highest BCUT2D eigenvalue weighted by atomic mass is 79.9. The van der Waals surface area contributed by atoms with Crippen molar-refractivity contribution in [3.8, 4) is 11.5 Å². The SMILES string of the molecule is C=CCc1cc(C=C2C(=O)NC(=O)N(c3ccc(Br)cc3)C2=O)cc(OCC)c1OC. The van der Waals surface area contributed by atoms with Gasteiger partial charge in [0.2, 0.25) is 0 Å². The first-order chi connectivity index (χ1) is 14.9. The first-order valence-electron chi connectivity index (χ1n) is 9.51. The van der Waals surface area contributed by atoms with Crippen LogP contribution in [0, 0.1) is 0 Å². The molecular formula is C23H21BrN2O5. The van der Waals surface area contributed by atoms with Crippen LogP contribution >= 0.6 is 15.9 Å². The number of benzene rings is 2. The average Bonchev–Trinajstić information content (AvgIpc) is 2.73. The molecule has 1 aliphatic rings. The first-order valence-corrected chi connectivity index (χ1v) is 10.3. The van der Waals surface area contributed by atoms with E-state index in [9.17, 15) is 14.4 Å². The number of anilines is 1. The minimum atomic E-state index is -0.799. The second kappa shape index (κ2) is 9.61. The Labute approximate surface area is 188 Å². The lowest BCUT2D eigenvalue weighted by Gasteiger charge is -2.26. The molecular weight excluding hydrogens is 464 g/mol. The number of halogens is 1. The summed E-state index contributed by atoms with van der Waals surface area (Å²) in [5.41, 5.74) is 1.53. The first kappa shape index (κ1) is 22.3. The summed E-state index contributed by atoms with van der Waals surface area (Å²) in [5, 5.41) is 2.22. The highest BCUT2D eigenvalue weighted by molar-refractivity contribution is 9.10. The zero-order valence-electron chi connectivity index (χ0n) is 17.1. The average molecular weight is 485 g/mol. The van der Waals surface area contributed by atoms with E-state index in [4.69, 9.17) is 9.47 Å². The number of imide groups is 2. The number of carbonyl (C=O) groups excluding carboxylic acids is 3. The Morgan fingerprint density at radius 1 is 1.16 bits per heavy atom. The molecule has 0 bridgehead atoms. The molecule has 1 heterocycles. The third-order valence-corrected chi connectivity index (χ3v) is 5.05. The van der Waals surface area contributed by atoms with Gasteiger partial charge >= 0.3 is 6.03 Å². The maximum absolute atomic E-state index is 13.1. The molecule has 2 aromatic carbocycles. The molecule has 2 aromatic rings. The van der Waals surface area contributed by atoms with Crippen LogP contribution in [0.2, 0.25) is 0 Å². The van der Waals surface area contributed by atoms with E-state index in [1.54, 1.807) is 49.6 Å². The summed E-state index contributed by atoms with van der Waals surface area (Å²) in [6.07, 6.45) is 3.66.